The summed E-state index contributed by atoms with van der Waals surface area (Å²) in [6, 6.07) is -1.92. The summed E-state index contributed by atoms with van der Waals surface area (Å²) in [6.07, 6.45) is 5.60. The van der Waals surface area contributed by atoms with E-state index in [1.807, 2.05) is 6.92 Å². The SMILES string of the molecule is CCCCC(C)(CC(N)C(=O)O)C(F)F.CCCCCCC(C)(C)CC(N)C(=O)O. The molecule has 0 radical (unpaired) electrons. The quantitative estimate of drug-likeness (QED) is 0.265. The summed E-state index contributed by atoms with van der Waals surface area (Å²) in [5.41, 5.74) is 9.58. The molecule has 0 spiro atoms. The molecule has 0 aromatic heterocycles. The third-order valence-corrected chi connectivity index (χ3v) is 5.43. The van der Waals surface area contributed by atoms with E-state index in [0.717, 1.165) is 12.8 Å². The topological polar surface area (TPSA) is 127 Å². The Morgan fingerprint density at radius 2 is 1.27 bits per heavy atom. The Bertz CT molecular complexity index is 490. The molecule has 0 aliphatic rings. The predicted molar refractivity (Wildman–Crippen MR) is 117 cm³/mol. The van der Waals surface area contributed by atoms with Crippen LogP contribution in [-0.4, -0.2) is 40.7 Å². The minimum Gasteiger partial charge on any atom is -0.480 e. The van der Waals surface area contributed by atoms with Crippen LogP contribution in [0.15, 0.2) is 0 Å². The molecule has 3 unspecified atom stereocenters. The Hall–Kier alpha value is -1.28. The third-order valence-electron chi connectivity index (χ3n) is 5.43. The molecule has 0 amide bonds. The molecular weight excluding hydrogens is 394 g/mol. The van der Waals surface area contributed by atoms with E-state index in [0.29, 0.717) is 19.3 Å². The van der Waals surface area contributed by atoms with Crippen LogP contribution in [0.4, 0.5) is 8.78 Å². The predicted octanol–water partition coefficient (Wildman–Crippen LogP) is 5.04. The molecule has 0 bridgehead atoms. The van der Waals surface area contributed by atoms with Crippen LogP contribution in [0, 0.1) is 10.8 Å². The van der Waals surface area contributed by atoms with Crippen molar-refractivity contribution in [3.05, 3.63) is 0 Å². The average molecular weight is 439 g/mol. The van der Waals surface area contributed by atoms with Gasteiger partial charge in [0.1, 0.15) is 12.1 Å². The van der Waals surface area contributed by atoms with E-state index < -0.39 is 35.9 Å². The Labute approximate surface area is 180 Å². The van der Waals surface area contributed by atoms with Gasteiger partial charge in [0.25, 0.3) is 0 Å². The zero-order valence-corrected chi connectivity index (χ0v) is 19.4. The lowest BCUT2D eigenvalue weighted by Crippen LogP contribution is -2.39. The number of hydrogen-bond acceptors (Lipinski definition) is 4. The monoisotopic (exact) mass is 438 g/mol. The number of hydrogen-bond donors (Lipinski definition) is 4. The number of alkyl halides is 2. The number of rotatable bonds is 15. The molecule has 0 rings (SSSR count). The zero-order valence-electron chi connectivity index (χ0n) is 19.4. The summed E-state index contributed by atoms with van der Waals surface area (Å²) in [5, 5.41) is 17.3. The fourth-order valence-electron chi connectivity index (χ4n) is 3.29. The van der Waals surface area contributed by atoms with Crippen LogP contribution in [-0.2, 0) is 9.59 Å². The molecule has 0 aromatic rings. The number of carboxylic acids is 2. The van der Waals surface area contributed by atoms with Gasteiger partial charge in [-0.05, 0) is 31.1 Å². The normalized spacial score (nSPS) is 15.7. The van der Waals surface area contributed by atoms with E-state index in [-0.39, 0.29) is 11.8 Å². The van der Waals surface area contributed by atoms with Crippen molar-refractivity contribution in [1.29, 1.82) is 0 Å². The maximum absolute atomic E-state index is 12.8. The van der Waals surface area contributed by atoms with Crippen molar-refractivity contribution in [1.82, 2.24) is 0 Å². The molecule has 0 fully saturated rings. The van der Waals surface area contributed by atoms with E-state index in [2.05, 4.69) is 20.8 Å². The highest BCUT2D eigenvalue weighted by atomic mass is 19.3. The highest BCUT2D eigenvalue weighted by Gasteiger charge is 2.37. The molecule has 0 saturated heterocycles. The van der Waals surface area contributed by atoms with Gasteiger partial charge in [0.2, 0.25) is 6.43 Å². The molecule has 6 nitrogen and oxygen atoms in total. The maximum atomic E-state index is 12.8. The van der Waals surface area contributed by atoms with Crippen molar-refractivity contribution in [2.45, 2.75) is 117 Å². The van der Waals surface area contributed by atoms with Gasteiger partial charge in [-0.3, -0.25) is 9.59 Å². The van der Waals surface area contributed by atoms with Gasteiger partial charge in [-0.2, -0.15) is 0 Å². The van der Waals surface area contributed by atoms with Crippen molar-refractivity contribution in [3.8, 4) is 0 Å². The van der Waals surface area contributed by atoms with Crippen LogP contribution in [0.1, 0.15) is 98.8 Å². The Morgan fingerprint density at radius 1 is 0.800 bits per heavy atom. The van der Waals surface area contributed by atoms with E-state index >= 15 is 0 Å². The van der Waals surface area contributed by atoms with Gasteiger partial charge >= 0.3 is 11.9 Å². The van der Waals surface area contributed by atoms with Gasteiger partial charge in [-0.15, -0.1) is 0 Å². The molecule has 180 valence electrons. The van der Waals surface area contributed by atoms with Crippen LogP contribution in [0.5, 0.6) is 0 Å². The molecule has 0 aliphatic heterocycles. The van der Waals surface area contributed by atoms with Crippen LogP contribution >= 0.6 is 0 Å². The highest BCUT2D eigenvalue weighted by molar-refractivity contribution is 5.73. The summed E-state index contributed by atoms with van der Waals surface area (Å²) < 4.78 is 25.6. The number of unbranched alkanes of at least 4 members (excludes halogenated alkanes) is 4. The lowest BCUT2D eigenvalue weighted by atomic mass is 9.79. The minimum absolute atomic E-state index is 0.0472. The minimum atomic E-state index is -2.53. The van der Waals surface area contributed by atoms with Crippen molar-refractivity contribution in [2.24, 2.45) is 22.3 Å². The van der Waals surface area contributed by atoms with Crippen LogP contribution in [0.25, 0.3) is 0 Å². The summed E-state index contributed by atoms with van der Waals surface area (Å²) in [7, 11) is 0. The average Bonchev–Trinajstić information content (AvgIpc) is 2.63. The van der Waals surface area contributed by atoms with Gasteiger partial charge in [-0.1, -0.05) is 73.1 Å². The highest BCUT2D eigenvalue weighted by Crippen LogP contribution is 2.36. The number of aliphatic carboxylic acids is 2. The van der Waals surface area contributed by atoms with Crippen molar-refractivity contribution in [2.75, 3.05) is 0 Å². The second-order valence-corrected chi connectivity index (χ2v) is 9.33. The molecule has 3 atom stereocenters. The molecular formula is C22H44F2N2O4. The summed E-state index contributed by atoms with van der Waals surface area (Å²) in [4.78, 5) is 21.1. The second kappa shape index (κ2) is 15.5. The Balaban J connectivity index is 0. The van der Waals surface area contributed by atoms with Gasteiger partial charge in [0, 0.05) is 5.41 Å². The first-order valence-corrected chi connectivity index (χ1v) is 11.0. The van der Waals surface area contributed by atoms with Gasteiger partial charge in [0.05, 0.1) is 0 Å². The van der Waals surface area contributed by atoms with Crippen molar-refractivity contribution in [3.63, 3.8) is 0 Å². The van der Waals surface area contributed by atoms with E-state index in [1.165, 1.54) is 32.6 Å². The first-order chi connectivity index (χ1) is 13.7. The maximum Gasteiger partial charge on any atom is 0.320 e. The van der Waals surface area contributed by atoms with E-state index in [4.69, 9.17) is 21.7 Å². The standard InChI is InChI=1S/C12H25NO2.C10H19F2NO2/c1-4-5-6-7-8-12(2,3)9-10(13)11(14)15;1-3-4-5-10(2,9(11)12)6-7(13)8(14)15/h10H,4-9,13H2,1-3H3,(H,14,15);7,9H,3-6,13H2,1-2H3,(H,14,15). The van der Waals surface area contributed by atoms with Crippen LogP contribution in [0.2, 0.25) is 0 Å². The first-order valence-electron chi connectivity index (χ1n) is 11.0. The fraction of sp³-hybridized carbons (Fsp3) is 0.909. The molecule has 8 heteroatoms. The number of halogens is 2. The number of carbonyl (C=O) groups is 2. The van der Waals surface area contributed by atoms with Gasteiger partial charge in [0.15, 0.2) is 0 Å². The lowest BCUT2D eigenvalue weighted by molar-refractivity contribution is -0.140. The Morgan fingerprint density at radius 3 is 1.67 bits per heavy atom. The molecule has 0 saturated carbocycles. The molecule has 0 aliphatic carbocycles. The van der Waals surface area contributed by atoms with Gasteiger partial charge < -0.3 is 21.7 Å². The van der Waals surface area contributed by atoms with Gasteiger partial charge in [-0.25, -0.2) is 8.78 Å². The smallest absolute Gasteiger partial charge is 0.320 e. The molecule has 6 N–H and O–H groups in total. The van der Waals surface area contributed by atoms with E-state index in [9.17, 15) is 18.4 Å². The summed E-state index contributed by atoms with van der Waals surface area (Å²) in [5.74, 6) is -2.12. The summed E-state index contributed by atoms with van der Waals surface area (Å²) >= 11 is 0. The van der Waals surface area contributed by atoms with Crippen LogP contribution in [0.3, 0.4) is 0 Å². The third kappa shape index (κ3) is 14.7. The largest absolute Gasteiger partial charge is 0.480 e. The van der Waals surface area contributed by atoms with Crippen molar-refractivity contribution >= 4 is 11.9 Å². The molecule has 0 aromatic carbocycles. The Kier molecular flexibility index (Phi) is 16.0. The van der Waals surface area contributed by atoms with Crippen LogP contribution < -0.4 is 11.5 Å². The second-order valence-electron chi connectivity index (χ2n) is 9.33. The fourth-order valence-corrected chi connectivity index (χ4v) is 3.29. The van der Waals surface area contributed by atoms with Crippen molar-refractivity contribution < 1.29 is 28.6 Å². The summed E-state index contributed by atoms with van der Waals surface area (Å²) in [6.45, 7) is 9.69. The molecule has 30 heavy (non-hydrogen) atoms. The number of carboxylic acid groups (broad SMARTS) is 2. The van der Waals surface area contributed by atoms with E-state index in [1.54, 1.807) is 0 Å². The molecule has 0 heterocycles. The zero-order chi connectivity index (χ0) is 24.0. The lowest BCUT2D eigenvalue weighted by Gasteiger charge is -2.30. The first kappa shape index (κ1) is 30.9. The number of nitrogens with two attached hydrogens (primary N) is 2.